The third-order valence-corrected chi connectivity index (χ3v) is 1.98. The molecule has 5 heteroatoms. The first-order valence-corrected chi connectivity index (χ1v) is 3.84. The zero-order valence-corrected chi connectivity index (χ0v) is 6.88. The second kappa shape index (κ2) is 4.15. The van der Waals surface area contributed by atoms with Gasteiger partial charge in [0.15, 0.2) is 6.29 Å². The molecule has 0 saturated carbocycles. The van der Waals surface area contributed by atoms with Crippen molar-refractivity contribution < 1.29 is 24.8 Å². The molecule has 0 aliphatic carbocycles. The van der Waals surface area contributed by atoms with E-state index < -0.39 is 24.6 Å². The molecule has 1 rings (SSSR count). The van der Waals surface area contributed by atoms with Crippen LogP contribution in [-0.2, 0) is 9.47 Å². The van der Waals surface area contributed by atoms with Gasteiger partial charge in [-0.25, -0.2) is 0 Å². The van der Waals surface area contributed by atoms with Crippen molar-refractivity contribution in [1.29, 1.82) is 0 Å². The Kier molecular flexibility index (Phi) is 3.42. The number of hydrogen-bond donors (Lipinski definition) is 3. The van der Waals surface area contributed by atoms with E-state index in [2.05, 4.69) is 0 Å². The van der Waals surface area contributed by atoms with Gasteiger partial charge in [0.1, 0.15) is 12.2 Å². The fourth-order valence-electron chi connectivity index (χ4n) is 1.22. The Morgan fingerprint density at radius 3 is 2.67 bits per heavy atom. The number of ether oxygens (including phenoxy) is 2. The normalized spacial score (nSPS) is 43.0. The molecule has 0 aromatic rings. The predicted octanol–water partition coefficient (Wildman–Crippen LogP) is -1.54. The SMILES string of the molecule is CO[C@@H]1C[C@H](O)[C@@H](O)[C@H](CO)O1. The van der Waals surface area contributed by atoms with Crippen LogP contribution in [0.15, 0.2) is 0 Å². The molecule has 0 aromatic carbocycles. The minimum absolute atomic E-state index is 0.230. The average molecular weight is 178 g/mol. The van der Waals surface area contributed by atoms with Crippen LogP contribution < -0.4 is 0 Å². The molecule has 0 bridgehead atoms. The quantitative estimate of drug-likeness (QED) is 0.477. The molecule has 1 saturated heterocycles. The van der Waals surface area contributed by atoms with E-state index in [0.717, 1.165) is 0 Å². The third-order valence-electron chi connectivity index (χ3n) is 1.98. The highest BCUT2D eigenvalue weighted by Crippen LogP contribution is 2.20. The minimum atomic E-state index is -1.03. The lowest BCUT2D eigenvalue weighted by Crippen LogP contribution is -2.50. The lowest BCUT2D eigenvalue weighted by Gasteiger charge is -2.35. The standard InChI is InChI=1S/C7H14O5/c1-11-6-2-4(9)7(10)5(3-8)12-6/h4-10H,2-3H2,1H3/t4-,5-,6-,7+/m0/s1. The number of rotatable bonds is 2. The summed E-state index contributed by atoms with van der Waals surface area (Å²) in [7, 11) is 1.45. The van der Waals surface area contributed by atoms with Crippen molar-refractivity contribution in [3.8, 4) is 0 Å². The van der Waals surface area contributed by atoms with Crippen LogP contribution in [0.1, 0.15) is 6.42 Å². The Labute approximate surface area is 70.5 Å². The van der Waals surface area contributed by atoms with Crippen molar-refractivity contribution >= 4 is 0 Å². The molecule has 0 amide bonds. The summed E-state index contributed by atoms with van der Waals surface area (Å²) >= 11 is 0. The Morgan fingerprint density at radius 2 is 2.17 bits per heavy atom. The zero-order chi connectivity index (χ0) is 9.14. The number of aliphatic hydroxyl groups excluding tert-OH is 3. The van der Waals surface area contributed by atoms with Crippen molar-refractivity contribution in [2.24, 2.45) is 0 Å². The van der Waals surface area contributed by atoms with Crippen LogP contribution >= 0.6 is 0 Å². The molecule has 0 spiro atoms. The van der Waals surface area contributed by atoms with Gasteiger partial charge in [-0.05, 0) is 0 Å². The summed E-state index contributed by atoms with van der Waals surface area (Å²) in [6.45, 7) is -0.321. The molecule has 1 aliphatic rings. The van der Waals surface area contributed by atoms with Crippen LogP contribution in [0, 0.1) is 0 Å². The van der Waals surface area contributed by atoms with E-state index in [0.29, 0.717) is 0 Å². The van der Waals surface area contributed by atoms with E-state index in [9.17, 15) is 10.2 Å². The molecule has 1 aliphatic heterocycles. The van der Waals surface area contributed by atoms with Gasteiger partial charge in [0.05, 0.1) is 12.7 Å². The van der Waals surface area contributed by atoms with Crippen LogP contribution in [0.5, 0.6) is 0 Å². The number of hydrogen-bond acceptors (Lipinski definition) is 5. The van der Waals surface area contributed by atoms with Gasteiger partial charge < -0.3 is 24.8 Å². The molecule has 3 N–H and O–H groups in total. The monoisotopic (exact) mass is 178 g/mol. The van der Waals surface area contributed by atoms with Crippen LogP contribution in [0.3, 0.4) is 0 Å². The van der Waals surface area contributed by atoms with E-state index in [1.54, 1.807) is 0 Å². The van der Waals surface area contributed by atoms with Crippen LogP contribution in [0.25, 0.3) is 0 Å². The Balaban J connectivity index is 2.52. The van der Waals surface area contributed by atoms with Gasteiger partial charge >= 0.3 is 0 Å². The van der Waals surface area contributed by atoms with Crippen LogP contribution in [0.4, 0.5) is 0 Å². The highest BCUT2D eigenvalue weighted by atomic mass is 16.7. The van der Waals surface area contributed by atoms with E-state index in [-0.39, 0.29) is 13.0 Å². The van der Waals surface area contributed by atoms with Crippen molar-refractivity contribution in [1.82, 2.24) is 0 Å². The lowest BCUT2D eigenvalue weighted by molar-refractivity contribution is -0.248. The first-order chi connectivity index (χ1) is 5.69. The van der Waals surface area contributed by atoms with Crippen molar-refractivity contribution in [2.45, 2.75) is 31.0 Å². The van der Waals surface area contributed by atoms with E-state index in [1.807, 2.05) is 0 Å². The van der Waals surface area contributed by atoms with E-state index >= 15 is 0 Å². The van der Waals surface area contributed by atoms with Crippen LogP contribution in [0.2, 0.25) is 0 Å². The largest absolute Gasteiger partial charge is 0.394 e. The molecule has 12 heavy (non-hydrogen) atoms. The number of methoxy groups -OCH3 is 1. The highest BCUT2D eigenvalue weighted by Gasteiger charge is 2.36. The summed E-state index contributed by atoms with van der Waals surface area (Å²) < 4.78 is 9.92. The molecule has 1 fully saturated rings. The molecule has 1 heterocycles. The first kappa shape index (κ1) is 9.88. The fraction of sp³-hybridized carbons (Fsp3) is 1.00. The van der Waals surface area contributed by atoms with Gasteiger partial charge in [-0.15, -0.1) is 0 Å². The zero-order valence-electron chi connectivity index (χ0n) is 6.88. The molecule has 0 aromatic heterocycles. The summed E-state index contributed by atoms with van der Waals surface area (Å²) in [4.78, 5) is 0. The molecule has 72 valence electrons. The van der Waals surface area contributed by atoms with Gasteiger partial charge in [-0.1, -0.05) is 0 Å². The smallest absolute Gasteiger partial charge is 0.160 e. The van der Waals surface area contributed by atoms with Gasteiger partial charge in [0.25, 0.3) is 0 Å². The predicted molar refractivity (Wildman–Crippen MR) is 39.4 cm³/mol. The maximum atomic E-state index is 9.26. The molecule has 4 atom stereocenters. The summed E-state index contributed by atoms with van der Waals surface area (Å²) in [5, 5.41) is 27.3. The highest BCUT2D eigenvalue weighted by molar-refractivity contribution is 4.81. The van der Waals surface area contributed by atoms with Crippen molar-refractivity contribution in [3.63, 3.8) is 0 Å². The molecule has 0 unspecified atom stereocenters. The number of aliphatic hydroxyl groups is 3. The Hall–Kier alpha value is -0.200. The molecule has 5 nitrogen and oxygen atoms in total. The Bertz CT molecular complexity index is 140. The maximum absolute atomic E-state index is 9.26. The summed E-state index contributed by atoms with van der Waals surface area (Å²) in [6, 6.07) is 0. The summed E-state index contributed by atoms with van der Waals surface area (Å²) in [5.74, 6) is 0. The minimum Gasteiger partial charge on any atom is -0.394 e. The van der Waals surface area contributed by atoms with E-state index in [4.69, 9.17) is 14.6 Å². The van der Waals surface area contributed by atoms with E-state index in [1.165, 1.54) is 7.11 Å². The van der Waals surface area contributed by atoms with Gasteiger partial charge in [0.2, 0.25) is 0 Å². The van der Waals surface area contributed by atoms with Gasteiger partial charge in [-0.2, -0.15) is 0 Å². The maximum Gasteiger partial charge on any atom is 0.160 e. The summed E-state index contributed by atoms with van der Waals surface area (Å²) in [5.41, 5.74) is 0. The van der Waals surface area contributed by atoms with Crippen molar-refractivity contribution in [3.05, 3.63) is 0 Å². The first-order valence-electron chi connectivity index (χ1n) is 3.84. The molecular weight excluding hydrogens is 164 g/mol. The molecular formula is C7H14O5. The Morgan fingerprint density at radius 1 is 1.50 bits per heavy atom. The van der Waals surface area contributed by atoms with Crippen molar-refractivity contribution in [2.75, 3.05) is 13.7 Å². The second-order valence-electron chi connectivity index (χ2n) is 2.82. The topological polar surface area (TPSA) is 79.2 Å². The van der Waals surface area contributed by atoms with Crippen LogP contribution in [-0.4, -0.2) is 53.6 Å². The summed E-state index contributed by atoms with van der Waals surface area (Å²) in [6.07, 6.45) is -2.98. The third kappa shape index (κ3) is 1.94. The fourth-order valence-corrected chi connectivity index (χ4v) is 1.22. The molecule has 0 radical (unpaired) electrons. The van der Waals surface area contributed by atoms with Gasteiger partial charge in [-0.3, -0.25) is 0 Å². The average Bonchev–Trinajstić information content (AvgIpc) is 2.09. The van der Waals surface area contributed by atoms with Gasteiger partial charge in [0, 0.05) is 13.5 Å². The second-order valence-corrected chi connectivity index (χ2v) is 2.82. The lowest BCUT2D eigenvalue weighted by atomic mass is 10.0.